The third kappa shape index (κ3) is 10.2. The van der Waals surface area contributed by atoms with E-state index in [1.54, 1.807) is 0 Å². The Bertz CT molecular complexity index is 584. The first kappa shape index (κ1) is 21.3. The molecule has 0 amide bonds. The highest BCUT2D eigenvalue weighted by Gasteiger charge is 2.13. The van der Waals surface area contributed by atoms with Crippen LogP contribution in [0.25, 0.3) is 0 Å². The minimum Gasteiger partial charge on any atom is -0.296 e. The van der Waals surface area contributed by atoms with E-state index in [9.17, 15) is 8.42 Å². The van der Waals surface area contributed by atoms with Crippen molar-refractivity contribution in [2.45, 2.75) is 65.0 Å². The van der Waals surface area contributed by atoms with Crippen molar-refractivity contribution in [3.05, 3.63) is 11.9 Å². The van der Waals surface area contributed by atoms with Crippen LogP contribution in [0.4, 0.5) is 0 Å². The fraction of sp³-hybridized carbons (Fsp3) is 0.867. The maximum atomic E-state index is 10.9. The molecule has 0 atom stereocenters. The summed E-state index contributed by atoms with van der Waals surface area (Å²) in [6.45, 7) is 11.7. The SMILES string of the molecule is CCCN(CCS(=O)(=O)O)Cc1cn(CCCC[Si](C)(C)C)nn1. The monoisotopic (exact) mass is 376 g/mol. The topological polar surface area (TPSA) is 88.3 Å². The summed E-state index contributed by atoms with van der Waals surface area (Å²) in [5, 5.41) is 8.33. The van der Waals surface area contributed by atoms with Crippen molar-refractivity contribution >= 4 is 18.2 Å². The fourth-order valence-electron chi connectivity index (χ4n) is 2.51. The predicted octanol–water partition coefficient (Wildman–Crippen LogP) is 2.50. The first-order valence-electron chi connectivity index (χ1n) is 8.65. The lowest BCUT2D eigenvalue weighted by molar-refractivity contribution is 0.276. The van der Waals surface area contributed by atoms with Crippen LogP contribution in [0.2, 0.25) is 25.7 Å². The molecule has 0 saturated heterocycles. The average molecular weight is 377 g/mol. The normalized spacial score (nSPS) is 12.9. The third-order valence-corrected chi connectivity index (χ3v) is 6.29. The second kappa shape index (κ2) is 9.64. The van der Waals surface area contributed by atoms with E-state index in [-0.39, 0.29) is 5.75 Å². The van der Waals surface area contributed by atoms with Gasteiger partial charge in [-0.25, -0.2) is 0 Å². The molecule has 0 saturated carbocycles. The van der Waals surface area contributed by atoms with Gasteiger partial charge < -0.3 is 0 Å². The van der Waals surface area contributed by atoms with E-state index in [1.165, 1.54) is 12.5 Å². The lowest BCUT2D eigenvalue weighted by atomic mass is 10.3. The number of aromatic nitrogens is 3. The molecule has 0 fully saturated rings. The van der Waals surface area contributed by atoms with Crippen molar-refractivity contribution in [2.24, 2.45) is 0 Å². The Labute approximate surface area is 147 Å². The Kier molecular flexibility index (Phi) is 8.55. The van der Waals surface area contributed by atoms with Gasteiger partial charge in [-0.1, -0.05) is 44.2 Å². The molecule has 1 rings (SSSR count). The smallest absolute Gasteiger partial charge is 0.266 e. The molecule has 0 aliphatic rings. The number of hydrogen-bond donors (Lipinski definition) is 1. The van der Waals surface area contributed by atoms with Gasteiger partial charge >= 0.3 is 0 Å². The molecular formula is C15H32N4O3SSi. The van der Waals surface area contributed by atoms with Crippen LogP contribution in [0.15, 0.2) is 6.20 Å². The highest BCUT2D eigenvalue weighted by Crippen LogP contribution is 2.13. The van der Waals surface area contributed by atoms with Crippen LogP contribution in [0.3, 0.4) is 0 Å². The summed E-state index contributed by atoms with van der Waals surface area (Å²) in [7, 11) is -4.90. The molecule has 1 aromatic rings. The summed E-state index contributed by atoms with van der Waals surface area (Å²) in [5.41, 5.74) is 0.837. The van der Waals surface area contributed by atoms with Gasteiger partial charge in [0.2, 0.25) is 0 Å². The standard InChI is InChI=1S/C15H32N4O3SSi/c1-5-8-18(10-11-23(20,21)22)13-15-14-19(17-16-15)9-6-7-12-24(2,3)4/h14H,5-13H2,1-4H3,(H,20,21,22). The Morgan fingerprint density at radius 3 is 2.54 bits per heavy atom. The molecule has 0 aliphatic heterocycles. The maximum absolute atomic E-state index is 10.9. The molecule has 0 bridgehead atoms. The van der Waals surface area contributed by atoms with Crippen LogP contribution in [0.1, 0.15) is 31.9 Å². The maximum Gasteiger partial charge on any atom is 0.266 e. The van der Waals surface area contributed by atoms with Gasteiger partial charge in [0.15, 0.2) is 0 Å². The molecule has 0 aromatic carbocycles. The molecule has 9 heteroatoms. The zero-order valence-corrected chi connectivity index (χ0v) is 17.2. The zero-order chi connectivity index (χ0) is 18.2. The molecule has 1 aromatic heterocycles. The van der Waals surface area contributed by atoms with Crippen LogP contribution in [-0.2, 0) is 23.2 Å². The second-order valence-corrected chi connectivity index (χ2v) is 14.7. The van der Waals surface area contributed by atoms with Crippen molar-refractivity contribution in [2.75, 3.05) is 18.8 Å². The van der Waals surface area contributed by atoms with Gasteiger partial charge in [0.25, 0.3) is 10.1 Å². The van der Waals surface area contributed by atoms with E-state index in [0.717, 1.165) is 31.6 Å². The molecule has 24 heavy (non-hydrogen) atoms. The summed E-state index contributed by atoms with van der Waals surface area (Å²) in [5.74, 6) is -0.252. The van der Waals surface area contributed by atoms with E-state index in [4.69, 9.17) is 4.55 Å². The Balaban J connectivity index is 2.45. The van der Waals surface area contributed by atoms with Crippen molar-refractivity contribution in [1.82, 2.24) is 19.9 Å². The first-order chi connectivity index (χ1) is 11.1. The van der Waals surface area contributed by atoms with Gasteiger partial charge in [-0.05, 0) is 19.4 Å². The van der Waals surface area contributed by atoms with Crippen molar-refractivity contribution in [1.29, 1.82) is 0 Å². The molecule has 0 unspecified atom stereocenters. The second-order valence-electron chi connectivity index (χ2n) is 7.55. The largest absolute Gasteiger partial charge is 0.296 e. The summed E-state index contributed by atoms with van der Waals surface area (Å²) < 4.78 is 32.6. The lowest BCUT2D eigenvalue weighted by Crippen LogP contribution is -2.29. The van der Waals surface area contributed by atoms with Crippen LogP contribution in [0, 0.1) is 0 Å². The van der Waals surface area contributed by atoms with Crippen LogP contribution in [-0.4, -0.2) is 59.8 Å². The third-order valence-electron chi connectivity index (χ3n) is 3.74. The molecule has 7 nitrogen and oxygen atoms in total. The van der Waals surface area contributed by atoms with Gasteiger partial charge in [0.05, 0.1) is 11.4 Å². The number of unbranched alkanes of at least 4 members (excludes halogenated alkanes) is 1. The quantitative estimate of drug-likeness (QED) is 0.342. The molecule has 1 heterocycles. The number of nitrogens with zero attached hydrogens (tertiary/aromatic N) is 4. The molecule has 0 aliphatic carbocycles. The summed E-state index contributed by atoms with van der Waals surface area (Å²) in [4.78, 5) is 1.98. The number of rotatable bonds is 12. The van der Waals surface area contributed by atoms with E-state index in [2.05, 4.69) is 30.0 Å². The van der Waals surface area contributed by atoms with Crippen molar-refractivity contribution in [3.63, 3.8) is 0 Å². The van der Waals surface area contributed by atoms with Crippen LogP contribution >= 0.6 is 0 Å². The molecule has 1 N–H and O–H groups in total. The highest BCUT2D eigenvalue weighted by atomic mass is 32.2. The van der Waals surface area contributed by atoms with Gasteiger partial charge in [-0.15, -0.1) is 5.10 Å². The Hall–Kier alpha value is -0.773. The highest BCUT2D eigenvalue weighted by molar-refractivity contribution is 7.85. The van der Waals surface area contributed by atoms with Crippen LogP contribution < -0.4 is 0 Å². The molecular weight excluding hydrogens is 344 g/mol. The minimum absolute atomic E-state index is 0.252. The number of hydrogen-bond acceptors (Lipinski definition) is 5. The van der Waals surface area contributed by atoms with E-state index in [1.807, 2.05) is 22.7 Å². The van der Waals surface area contributed by atoms with E-state index >= 15 is 0 Å². The predicted molar refractivity (Wildman–Crippen MR) is 99.4 cm³/mol. The van der Waals surface area contributed by atoms with E-state index < -0.39 is 18.2 Å². The van der Waals surface area contributed by atoms with Crippen molar-refractivity contribution in [3.8, 4) is 0 Å². The fourth-order valence-corrected chi connectivity index (χ4v) is 4.31. The molecule has 0 spiro atoms. The summed E-state index contributed by atoms with van der Waals surface area (Å²) in [6.07, 6.45) is 5.18. The molecule has 0 radical (unpaired) electrons. The Morgan fingerprint density at radius 2 is 1.96 bits per heavy atom. The first-order valence-corrected chi connectivity index (χ1v) is 14.0. The average Bonchev–Trinajstić information content (AvgIpc) is 2.87. The molecule has 140 valence electrons. The number of aryl methyl sites for hydroxylation is 1. The van der Waals surface area contributed by atoms with Gasteiger partial charge in [0.1, 0.15) is 0 Å². The van der Waals surface area contributed by atoms with Gasteiger partial charge in [-0.2, -0.15) is 8.42 Å². The van der Waals surface area contributed by atoms with Crippen molar-refractivity contribution < 1.29 is 13.0 Å². The summed E-state index contributed by atoms with van der Waals surface area (Å²) in [6, 6.07) is 1.33. The summed E-state index contributed by atoms with van der Waals surface area (Å²) >= 11 is 0. The minimum atomic E-state index is -3.93. The van der Waals surface area contributed by atoms with Gasteiger partial charge in [0, 0.05) is 33.9 Å². The zero-order valence-electron chi connectivity index (χ0n) is 15.4. The lowest BCUT2D eigenvalue weighted by Gasteiger charge is -2.19. The van der Waals surface area contributed by atoms with Crippen LogP contribution in [0.5, 0.6) is 0 Å². The Morgan fingerprint density at radius 1 is 1.25 bits per heavy atom. The van der Waals surface area contributed by atoms with E-state index in [0.29, 0.717) is 13.1 Å². The van der Waals surface area contributed by atoms with Gasteiger partial charge in [-0.3, -0.25) is 14.1 Å².